The Morgan fingerprint density at radius 1 is 1.43 bits per heavy atom. The molecule has 0 amide bonds. The van der Waals surface area contributed by atoms with Crippen molar-refractivity contribution < 1.29 is 9.47 Å². The van der Waals surface area contributed by atoms with Crippen LogP contribution >= 0.6 is 0 Å². The van der Waals surface area contributed by atoms with Gasteiger partial charge >= 0.3 is 0 Å². The maximum Gasteiger partial charge on any atom is 0.0690 e. The molecule has 1 aliphatic rings. The van der Waals surface area contributed by atoms with Crippen molar-refractivity contribution in [2.45, 2.75) is 37.9 Å². The fourth-order valence-electron chi connectivity index (χ4n) is 1.76. The Morgan fingerprint density at radius 3 is 2.79 bits per heavy atom. The minimum absolute atomic E-state index is 0.331. The summed E-state index contributed by atoms with van der Waals surface area (Å²) in [7, 11) is 1.77. The van der Waals surface area contributed by atoms with Crippen LogP contribution in [-0.4, -0.2) is 32.5 Å². The second-order valence-corrected chi connectivity index (χ2v) is 3.91. The summed E-state index contributed by atoms with van der Waals surface area (Å²) in [5.74, 6) is 0. The van der Waals surface area contributed by atoms with Crippen molar-refractivity contribution >= 4 is 0 Å². The Labute approximate surface area is 86.3 Å². The maximum atomic E-state index is 5.71. The molecule has 2 atom stereocenters. The number of hydrogen-bond acceptors (Lipinski definition) is 3. The minimum atomic E-state index is 0.331. The maximum absolute atomic E-state index is 5.71. The van der Waals surface area contributed by atoms with Gasteiger partial charge in [-0.3, -0.25) is 0 Å². The monoisotopic (exact) mass is 199 g/mol. The SMILES string of the molecule is C=C(CN)COC1CCCC(OC)C1. The van der Waals surface area contributed by atoms with Gasteiger partial charge in [0.2, 0.25) is 0 Å². The Bertz CT molecular complexity index is 182. The molecule has 3 nitrogen and oxygen atoms in total. The molecule has 82 valence electrons. The second-order valence-electron chi connectivity index (χ2n) is 3.91. The first kappa shape index (κ1) is 11.7. The summed E-state index contributed by atoms with van der Waals surface area (Å²) in [5, 5.41) is 0. The topological polar surface area (TPSA) is 44.5 Å². The van der Waals surface area contributed by atoms with Crippen LogP contribution in [0.25, 0.3) is 0 Å². The lowest BCUT2D eigenvalue weighted by molar-refractivity contribution is -0.0223. The van der Waals surface area contributed by atoms with E-state index < -0.39 is 0 Å². The highest BCUT2D eigenvalue weighted by molar-refractivity contribution is 4.95. The van der Waals surface area contributed by atoms with Gasteiger partial charge in [-0.25, -0.2) is 0 Å². The van der Waals surface area contributed by atoms with E-state index in [1.54, 1.807) is 7.11 Å². The van der Waals surface area contributed by atoms with Gasteiger partial charge in [0.1, 0.15) is 0 Å². The zero-order valence-electron chi connectivity index (χ0n) is 9.00. The van der Waals surface area contributed by atoms with Gasteiger partial charge in [-0.05, 0) is 31.3 Å². The van der Waals surface area contributed by atoms with E-state index in [2.05, 4.69) is 6.58 Å². The molecular formula is C11H21NO2. The lowest BCUT2D eigenvalue weighted by atomic mass is 9.95. The third-order valence-electron chi connectivity index (χ3n) is 2.72. The molecular weight excluding hydrogens is 178 g/mol. The van der Waals surface area contributed by atoms with Gasteiger partial charge in [-0.1, -0.05) is 6.58 Å². The largest absolute Gasteiger partial charge is 0.381 e. The molecule has 0 aromatic heterocycles. The summed E-state index contributed by atoms with van der Waals surface area (Å²) in [6.45, 7) is 4.92. The van der Waals surface area contributed by atoms with Crippen molar-refractivity contribution in [1.82, 2.24) is 0 Å². The molecule has 0 radical (unpaired) electrons. The third-order valence-corrected chi connectivity index (χ3v) is 2.72. The summed E-state index contributed by atoms with van der Waals surface area (Å²) in [5.41, 5.74) is 6.40. The van der Waals surface area contributed by atoms with E-state index in [-0.39, 0.29) is 0 Å². The van der Waals surface area contributed by atoms with Crippen LogP contribution in [0.15, 0.2) is 12.2 Å². The number of rotatable bonds is 5. The Hall–Kier alpha value is -0.380. The highest BCUT2D eigenvalue weighted by Gasteiger charge is 2.21. The average Bonchev–Trinajstić information content (AvgIpc) is 2.26. The van der Waals surface area contributed by atoms with Crippen LogP contribution in [0.3, 0.4) is 0 Å². The molecule has 0 bridgehead atoms. The van der Waals surface area contributed by atoms with E-state index in [9.17, 15) is 0 Å². The lowest BCUT2D eigenvalue weighted by Crippen LogP contribution is -2.28. The number of methoxy groups -OCH3 is 1. The van der Waals surface area contributed by atoms with Crippen LogP contribution in [0.5, 0.6) is 0 Å². The molecule has 2 unspecified atom stereocenters. The first-order valence-corrected chi connectivity index (χ1v) is 5.27. The van der Waals surface area contributed by atoms with Crippen molar-refractivity contribution in [3.63, 3.8) is 0 Å². The van der Waals surface area contributed by atoms with Gasteiger partial charge in [0.05, 0.1) is 18.8 Å². The summed E-state index contributed by atoms with van der Waals surface area (Å²) >= 11 is 0. The van der Waals surface area contributed by atoms with Crippen LogP contribution in [0.2, 0.25) is 0 Å². The first-order chi connectivity index (χ1) is 6.76. The fourth-order valence-corrected chi connectivity index (χ4v) is 1.76. The molecule has 0 aromatic rings. The highest BCUT2D eigenvalue weighted by Crippen LogP contribution is 2.23. The van der Waals surface area contributed by atoms with Crippen molar-refractivity contribution in [1.29, 1.82) is 0 Å². The molecule has 0 spiro atoms. The molecule has 1 fully saturated rings. The Morgan fingerprint density at radius 2 is 2.14 bits per heavy atom. The van der Waals surface area contributed by atoms with Gasteiger partial charge in [0, 0.05) is 13.7 Å². The van der Waals surface area contributed by atoms with Crippen molar-refractivity contribution in [3.8, 4) is 0 Å². The molecule has 1 rings (SSSR count). The summed E-state index contributed by atoms with van der Waals surface area (Å²) in [4.78, 5) is 0. The number of hydrogen-bond donors (Lipinski definition) is 1. The average molecular weight is 199 g/mol. The van der Waals surface area contributed by atoms with Crippen molar-refractivity contribution in [3.05, 3.63) is 12.2 Å². The lowest BCUT2D eigenvalue weighted by Gasteiger charge is -2.28. The number of ether oxygens (including phenoxy) is 2. The fraction of sp³-hybridized carbons (Fsp3) is 0.818. The van der Waals surface area contributed by atoms with E-state index in [0.29, 0.717) is 25.4 Å². The normalized spacial score (nSPS) is 27.6. The minimum Gasteiger partial charge on any atom is -0.381 e. The van der Waals surface area contributed by atoms with Crippen LogP contribution in [0.1, 0.15) is 25.7 Å². The van der Waals surface area contributed by atoms with Gasteiger partial charge in [-0.2, -0.15) is 0 Å². The molecule has 14 heavy (non-hydrogen) atoms. The summed E-state index contributed by atoms with van der Waals surface area (Å²) in [6, 6.07) is 0. The molecule has 2 N–H and O–H groups in total. The molecule has 0 aliphatic heterocycles. The second kappa shape index (κ2) is 6.17. The smallest absolute Gasteiger partial charge is 0.0690 e. The summed E-state index contributed by atoms with van der Waals surface area (Å²) in [6.07, 6.45) is 5.20. The van der Waals surface area contributed by atoms with Crippen LogP contribution < -0.4 is 5.73 Å². The predicted molar refractivity (Wildman–Crippen MR) is 57.2 cm³/mol. The zero-order chi connectivity index (χ0) is 10.4. The molecule has 0 saturated heterocycles. The zero-order valence-corrected chi connectivity index (χ0v) is 9.00. The van der Waals surface area contributed by atoms with E-state index in [0.717, 1.165) is 24.8 Å². The first-order valence-electron chi connectivity index (χ1n) is 5.27. The van der Waals surface area contributed by atoms with E-state index >= 15 is 0 Å². The molecule has 0 heterocycles. The Kier molecular flexibility index (Phi) is 5.15. The van der Waals surface area contributed by atoms with E-state index in [1.165, 1.54) is 6.42 Å². The molecule has 1 saturated carbocycles. The van der Waals surface area contributed by atoms with Crippen LogP contribution in [-0.2, 0) is 9.47 Å². The quantitative estimate of drug-likeness (QED) is 0.682. The Balaban J connectivity index is 2.20. The summed E-state index contributed by atoms with van der Waals surface area (Å²) < 4.78 is 11.0. The van der Waals surface area contributed by atoms with Gasteiger partial charge in [0.25, 0.3) is 0 Å². The van der Waals surface area contributed by atoms with Gasteiger partial charge < -0.3 is 15.2 Å². The van der Waals surface area contributed by atoms with Crippen molar-refractivity contribution in [2.24, 2.45) is 5.73 Å². The van der Waals surface area contributed by atoms with Gasteiger partial charge in [-0.15, -0.1) is 0 Å². The van der Waals surface area contributed by atoms with Gasteiger partial charge in [0.15, 0.2) is 0 Å². The molecule has 0 aromatic carbocycles. The van der Waals surface area contributed by atoms with Crippen molar-refractivity contribution in [2.75, 3.05) is 20.3 Å². The number of nitrogens with two attached hydrogens (primary N) is 1. The highest BCUT2D eigenvalue weighted by atomic mass is 16.5. The van der Waals surface area contributed by atoms with Crippen LogP contribution in [0.4, 0.5) is 0 Å². The molecule has 3 heteroatoms. The van der Waals surface area contributed by atoms with E-state index in [1.807, 2.05) is 0 Å². The van der Waals surface area contributed by atoms with Crippen LogP contribution in [0, 0.1) is 0 Å². The standard InChI is InChI=1S/C11H21NO2/c1-9(7-12)8-14-11-5-3-4-10(6-11)13-2/h10-11H,1,3-8,12H2,2H3. The molecule has 1 aliphatic carbocycles. The predicted octanol–water partition coefficient (Wildman–Crippen LogP) is 1.48. The third kappa shape index (κ3) is 3.78. The van der Waals surface area contributed by atoms with E-state index in [4.69, 9.17) is 15.2 Å².